The summed E-state index contributed by atoms with van der Waals surface area (Å²) < 4.78 is 0. The molecule has 0 atom stereocenters. The lowest BCUT2D eigenvalue weighted by Crippen LogP contribution is -2.18. The minimum Gasteiger partial charge on any atom is -0.355 e. The van der Waals surface area contributed by atoms with Crippen LogP contribution in [0, 0.1) is 12.3 Å². The van der Waals surface area contributed by atoms with E-state index in [1.807, 2.05) is 12.1 Å². The van der Waals surface area contributed by atoms with E-state index >= 15 is 0 Å². The van der Waals surface area contributed by atoms with Gasteiger partial charge in [0, 0.05) is 19.2 Å². The predicted octanol–water partition coefficient (Wildman–Crippen LogP) is 0.769. The van der Waals surface area contributed by atoms with Crippen molar-refractivity contribution in [3.05, 3.63) is 35.4 Å². The summed E-state index contributed by atoms with van der Waals surface area (Å²) in [5.41, 5.74) is 1.77. The number of benzene rings is 1. The summed E-state index contributed by atoms with van der Waals surface area (Å²) in [6.07, 6.45) is 5.11. The highest BCUT2D eigenvalue weighted by atomic mass is 16.1. The van der Waals surface area contributed by atoms with Crippen molar-refractivity contribution in [2.24, 2.45) is 0 Å². The van der Waals surface area contributed by atoms with Gasteiger partial charge in [-0.1, -0.05) is 18.1 Å². The Balaban J connectivity index is 2.57. The van der Waals surface area contributed by atoms with E-state index in [2.05, 4.69) is 16.6 Å². The molecule has 2 N–H and O–H groups in total. The van der Waals surface area contributed by atoms with Crippen LogP contribution in [0.3, 0.4) is 0 Å². The fourth-order valence-corrected chi connectivity index (χ4v) is 1.20. The molecule has 15 heavy (non-hydrogen) atoms. The number of nitrogens with one attached hydrogen (secondary N) is 2. The zero-order chi connectivity index (χ0) is 11.1. The first-order chi connectivity index (χ1) is 7.27. The summed E-state index contributed by atoms with van der Waals surface area (Å²) in [5.74, 6) is 2.43. The summed E-state index contributed by atoms with van der Waals surface area (Å²) in [4.78, 5) is 11.2. The molecule has 0 saturated heterocycles. The number of amides is 1. The molecular weight excluding hydrogens is 188 g/mol. The average molecular weight is 202 g/mol. The number of terminal acetylenes is 1. The topological polar surface area (TPSA) is 41.1 Å². The normalized spacial score (nSPS) is 9.33. The maximum Gasteiger partial charge on any atom is 0.251 e. The van der Waals surface area contributed by atoms with Crippen LogP contribution in [0.15, 0.2) is 24.3 Å². The summed E-state index contributed by atoms with van der Waals surface area (Å²) in [5, 5.41) is 5.65. The molecular formula is C12H14N2O. The molecule has 3 heteroatoms. The van der Waals surface area contributed by atoms with Crippen molar-refractivity contribution in [3.63, 3.8) is 0 Å². The minimum atomic E-state index is -0.0712. The molecule has 1 rings (SSSR count). The molecule has 1 aromatic rings. The van der Waals surface area contributed by atoms with Crippen molar-refractivity contribution in [2.45, 2.75) is 6.54 Å². The highest BCUT2D eigenvalue weighted by Gasteiger charge is 2.01. The van der Waals surface area contributed by atoms with Gasteiger partial charge >= 0.3 is 0 Å². The molecule has 0 aliphatic rings. The van der Waals surface area contributed by atoms with Crippen molar-refractivity contribution >= 4 is 5.91 Å². The summed E-state index contributed by atoms with van der Waals surface area (Å²) in [6.45, 7) is 1.27. The lowest BCUT2D eigenvalue weighted by atomic mass is 10.1. The maximum absolute atomic E-state index is 11.2. The third-order valence-electron chi connectivity index (χ3n) is 2.00. The Morgan fingerprint density at radius 3 is 2.60 bits per heavy atom. The standard InChI is InChI=1S/C12H14N2O/c1-3-8-14-9-10-4-6-11(7-5-10)12(15)13-2/h1,4-7,14H,8-9H2,2H3,(H,13,15). The molecule has 1 amide bonds. The van der Waals surface area contributed by atoms with Crippen LogP contribution < -0.4 is 10.6 Å². The zero-order valence-electron chi connectivity index (χ0n) is 8.71. The molecule has 0 saturated carbocycles. The summed E-state index contributed by atoms with van der Waals surface area (Å²) >= 11 is 0. The molecule has 3 nitrogen and oxygen atoms in total. The highest BCUT2D eigenvalue weighted by Crippen LogP contribution is 2.03. The summed E-state index contributed by atoms with van der Waals surface area (Å²) in [6, 6.07) is 7.42. The van der Waals surface area contributed by atoms with Crippen molar-refractivity contribution in [1.82, 2.24) is 10.6 Å². The van der Waals surface area contributed by atoms with E-state index in [9.17, 15) is 4.79 Å². The van der Waals surface area contributed by atoms with Gasteiger partial charge in [0.2, 0.25) is 0 Å². The summed E-state index contributed by atoms with van der Waals surface area (Å²) in [7, 11) is 1.62. The zero-order valence-corrected chi connectivity index (χ0v) is 8.71. The molecule has 0 aliphatic carbocycles. The predicted molar refractivity (Wildman–Crippen MR) is 60.4 cm³/mol. The van der Waals surface area contributed by atoms with Gasteiger partial charge in [-0.05, 0) is 17.7 Å². The number of carbonyl (C=O) groups excluding carboxylic acids is 1. The Morgan fingerprint density at radius 2 is 2.07 bits per heavy atom. The number of hydrogen-bond acceptors (Lipinski definition) is 2. The number of hydrogen-bond donors (Lipinski definition) is 2. The van der Waals surface area contributed by atoms with Crippen LogP contribution in [0.25, 0.3) is 0 Å². The Labute approximate surface area is 89.9 Å². The Kier molecular flexibility index (Phi) is 4.39. The molecule has 0 radical (unpaired) electrons. The van der Waals surface area contributed by atoms with Crippen molar-refractivity contribution in [3.8, 4) is 12.3 Å². The van der Waals surface area contributed by atoms with Gasteiger partial charge in [0.1, 0.15) is 0 Å². The molecule has 0 fully saturated rings. The Hall–Kier alpha value is -1.79. The lowest BCUT2D eigenvalue weighted by Gasteiger charge is -2.03. The van der Waals surface area contributed by atoms with Crippen LogP contribution in [0.1, 0.15) is 15.9 Å². The molecule has 0 spiro atoms. The monoisotopic (exact) mass is 202 g/mol. The second kappa shape index (κ2) is 5.84. The SMILES string of the molecule is C#CCNCc1ccc(C(=O)NC)cc1. The maximum atomic E-state index is 11.2. The van der Waals surface area contributed by atoms with Gasteiger partial charge < -0.3 is 10.6 Å². The van der Waals surface area contributed by atoms with Crippen molar-refractivity contribution in [1.29, 1.82) is 0 Å². The first kappa shape index (κ1) is 11.3. The molecule has 0 aromatic heterocycles. The third kappa shape index (κ3) is 3.45. The van der Waals surface area contributed by atoms with E-state index < -0.39 is 0 Å². The van der Waals surface area contributed by atoms with E-state index in [0.717, 1.165) is 12.1 Å². The first-order valence-corrected chi connectivity index (χ1v) is 4.73. The fourth-order valence-electron chi connectivity index (χ4n) is 1.20. The first-order valence-electron chi connectivity index (χ1n) is 4.73. The Bertz CT molecular complexity index is 362. The number of carbonyl (C=O) groups is 1. The van der Waals surface area contributed by atoms with Crippen molar-refractivity contribution < 1.29 is 4.79 Å². The van der Waals surface area contributed by atoms with Crippen LogP contribution in [-0.4, -0.2) is 19.5 Å². The van der Waals surface area contributed by atoms with Crippen LogP contribution in [0.5, 0.6) is 0 Å². The second-order valence-corrected chi connectivity index (χ2v) is 3.08. The smallest absolute Gasteiger partial charge is 0.251 e. The molecule has 0 heterocycles. The lowest BCUT2D eigenvalue weighted by molar-refractivity contribution is 0.0963. The van der Waals surface area contributed by atoms with Gasteiger partial charge in [-0.15, -0.1) is 6.42 Å². The van der Waals surface area contributed by atoms with Crippen LogP contribution >= 0.6 is 0 Å². The number of rotatable bonds is 4. The van der Waals surface area contributed by atoms with Gasteiger partial charge in [-0.2, -0.15) is 0 Å². The van der Waals surface area contributed by atoms with E-state index in [1.165, 1.54) is 0 Å². The van der Waals surface area contributed by atoms with Gasteiger partial charge in [-0.3, -0.25) is 4.79 Å². The quantitative estimate of drug-likeness (QED) is 0.559. The van der Waals surface area contributed by atoms with E-state index in [1.54, 1.807) is 19.2 Å². The minimum absolute atomic E-state index is 0.0712. The Morgan fingerprint density at radius 1 is 1.40 bits per heavy atom. The van der Waals surface area contributed by atoms with Crippen molar-refractivity contribution in [2.75, 3.05) is 13.6 Å². The molecule has 0 bridgehead atoms. The average Bonchev–Trinajstić information content (AvgIpc) is 2.29. The highest BCUT2D eigenvalue weighted by molar-refractivity contribution is 5.93. The van der Waals surface area contributed by atoms with E-state index in [4.69, 9.17) is 6.42 Å². The van der Waals surface area contributed by atoms with Gasteiger partial charge in [0.15, 0.2) is 0 Å². The van der Waals surface area contributed by atoms with Crippen LogP contribution in [0.2, 0.25) is 0 Å². The van der Waals surface area contributed by atoms with Gasteiger partial charge in [0.25, 0.3) is 5.91 Å². The largest absolute Gasteiger partial charge is 0.355 e. The molecule has 0 unspecified atom stereocenters. The molecule has 78 valence electrons. The van der Waals surface area contributed by atoms with Gasteiger partial charge in [0.05, 0.1) is 6.54 Å². The molecule has 0 aliphatic heterocycles. The van der Waals surface area contributed by atoms with E-state index in [0.29, 0.717) is 12.1 Å². The van der Waals surface area contributed by atoms with Crippen LogP contribution in [0.4, 0.5) is 0 Å². The molecule has 1 aromatic carbocycles. The second-order valence-electron chi connectivity index (χ2n) is 3.08. The van der Waals surface area contributed by atoms with Gasteiger partial charge in [-0.25, -0.2) is 0 Å². The third-order valence-corrected chi connectivity index (χ3v) is 2.00. The fraction of sp³-hybridized carbons (Fsp3) is 0.250. The van der Waals surface area contributed by atoms with Crippen LogP contribution in [-0.2, 0) is 6.54 Å². The van der Waals surface area contributed by atoms with E-state index in [-0.39, 0.29) is 5.91 Å².